The quantitative estimate of drug-likeness (QED) is 0.790. The molecule has 21 heavy (non-hydrogen) atoms. The molecule has 1 aromatic heterocycles. The largest absolute Gasteiger partial charge is 0.461 e. The Hall–Kier alpha value is -1.61. The van der Waals surface area contributed by atoms with E-state index in [0.29, 0.717) is 6.61 Å². The molecule has 0 aliphatic carbocycles. The molecule has 1 aliphatic rings. The first kappa shape index (κ1) is 15.8. The number of aryl methyl sites for hydroxylation is 1. The molecule has 0 spiro atoms. The third-order valence-electron chi connectivity index (χ3n) is 3.44. The summed E-state index contributed by atoms with van der Waals surface area (Å²) in [6, 6.07) is 0. The second kappa shape index (κ2) is 6.44. The zero-order valence-electron chi connectivity index (χ0n) is 13.7. The summed E-state index contributed by atoms with van der Waals surface area (Å²) in [7, 11) is 0. The zero-order valence-corrected chi connectivity index (χ0v) is 13.7. The molecule has 3 nitrogen and oxygen atoms in total. The molecule has 0 radical (unpaired) electrons. The first-order valence-corrected chi connectivity index (χ1v) is 7.68. The topological polar surface area (TPSA) is 31.4 Å². The summed E-state index contributed by atoms with van der Waals surface area (Å²) in [6.07, 6.45) is 10.5. The van der Waals surface area contributed by atoms with E-state index in [2.05, 4.69) is 38.2 Å². The van der Waals surface area contributed by atoms with E-state index in [1.165, 1.54) is 0 Å². The normalized spacial score (nSPS) is 17.2. The Kier molecular flexibility index (Phi) is 4.84. The van der Waals surface area contributed by atoms with Crippen molar-refractivity contribution < 1.29 is 9.47 Å². The fourth-order valence-electron chi connectivity index (χ4n) is 2.37. The van der Waals surface area contributed by atoms with Gasteiger partial charge in [-0.2, -0.15) is 0 Å². The minimum absolute atomic E-state index is 0.558. The molecule has 0 aromatic carbocycles. The summed E-state index contributed by atoms with van der Waals surface area (Å²) >= 11 is 0. The molecule has 0 atom stereocenters. The van der Waals surface area contributed by atoms with Gasteiger partial charge in [0.15, 0.2) is 5.75 Å². The van der Waals surface area contributed by atoms with E-state index >= 15 is 0 Å². The van der Waals surface area contributed by atoms with Gasteiger partial charge in [0.1, 0.15) is 0 Å². The van der Waals surface area contributed by atoms with E-state index in [0.717, 1.165) is 41.1 Å². The van der Waals surface area contributed by atoms with Crippen LogP contribution in [0.25, 0.3) is 12.2 Å². The van der Waals surface area contributed by atoms with Crippen LogP contribution in [0.4, 0.5) is 0 Å². The minimum atomic E-state index is -0.591. The third kappa shape index (κ3) is 3.53. The molecule has 114 valence electrons. The Balaban J connectivity index is 2.58. The predicted octanol–water partition coefficient (Wildman–Crippen LogP) is 4.88. The van der Waals surface area contributed by atoms with Crippen LogP contribution in [-0.2, 0) is 11.3 Å². The number of pyridine rings is 1. The maximum atomic E-state index is 5.99. The highest BCUT2D eigenvalue weighted by Gasteiger charge is 2.31. The van der Waals surface area contributed by atoms with Crippen LogP contribution in [0.15, 0.2) is 12.2 Å². The van der Waals surface area contributed by atoms with E-state index in [1.807, 2.05) is 20.8 Å². The van der Waals surface area contributed by atoms with E-state index < -0.39 is 5.79 Å². The van der Waals surface area contributed by atoms with Gasteiger partial charge >= 0.3 is 0 Å². The Labute approximate surface area is 127 Å². The number of ether oxygens (including phenoxy) is 2. The zero-order chi connectivity index (χ0) is 15.5. The van der Waals surface area contributed by atoms with Crippen LogP contribution in [0.1, 0.15) is 63.1 Å². The molecular weight excluding hydrogens is 262 g/mol. The van der Waals surface area contributed by atoms with Crippen molar-refractivity contribution in [3.63, 3.8) is 0 Å². The number of hydrogen-bond acceptors (Lipinski definition) is 3. The lowest BCUT2D eigenvalue weighted by Gasteiger charge is -2.34. The van der Waals surface area contributed by atoms with E-state index in [-0.39, 0.29) is 0 Å². The highest BCUT2D eigenvalue weighted by molar-refractivity contribution is 5.68. The fourth-order valence-corrected chi connectivity index (χ4v) is 2.37. The molecule has 3 heteroatoms. The first-order chi connectivity index (χ1) is 9.98. The fraction of sp³-hybridized carbons (Fsp3) is 0.500. The SMILES string of the molecule is CC/C=C\c1c(/C=C/CC)nc(C)c2c1COC(C)(C)O2. The van der Waals surface area contributed by atoms with Crippen LogP contribution in [0.2, 0.25) is 0 Å². The molecule has 1 aromatic rings. The van der Waals surface area contributed by atoms with Crippen molar-refractivity contribution in [3.05, 3.63) is 34.7 Å². The van der Waals surface area contributed by atoms with Gasteiger partial charge in [-0.25, -0.2) is 4.98 Å². The summed E-state index contributed by atoms with van der Waals surface area (Å²) in [5.41, 5.74) is 4.12. The van der Waals surface area contributed by atoms with Crippen LogP contribution in [0.3, 0.4) is 0 Å². The smallest absolute Gasteiger partial charge is 0.205 e. The number of allylic oxidation sites excluding steroid dienone is 2. The monoisotopic (exact) mass is 287 g/mol. The van der Waals surface area contributed by atoms with Gasteiger partial charge in [-0.15, -0.1) is 0 Å². The molecule has 0 saturated heterocycles. The summed E-state index contributed by atoms with van der Waals surface area (Å²) in [4.78, 5) is 4.72. The second-order valence-corrected chi connectivity index (χ2v) is 5.72. The van der Waals surface area contributed by atoms with Crippen molar-refractivity contribution in [1.82, 2.24) is 4.98 Å². The lowest BCUT2D eigenvalue weighted by molar-refractivity contribution is -0.180. The molecule has 0 N–H and O–H groups in total. The Morgan fingerprint density at radius 2 is 1.81 bits per heavy atom. The highest BCUT2D eigenvalue weighted by atomic mass is 16.7. The molecule has 0 bridgehead atoms. The summed E-state index contributed by atoms with van der Waals surface area (Å²) in [5.74, 6) is 0.280. The molecule has 0 fully saturated rings. The summed E-state index contributed by atoms with van der Waals surface area (Å²) in [6.45, 7) is 10.7. The molecule has 2 heterocycles. The summed E-state index contributed by atoms with van der Waals surface area (Å²) < 4.78 is 11.8. The van der Waals surface area contributed by atoms with Crippen LogP contribution in [0, 0.1) is 6.92 Å². The van der Waals surface area contributed by atoms with Crippen LogP contribution >= 0.6 is 0 Å². The third-order valence-corrected chi connectivity index (χ3v) is 3.44. The number of rotatable bonds is 4. The molecule has 0 amide bonds. The van der Waals surface area contributed by atoms with Gasteiger partial charge in [0.25, 0.3) is 0 Å². The number of nitrogens with zero attached hydrogens (tertiary/aromatic N) is 1. The molecular formula is C18H25NO2. The van der Waals surface area contributed by atoms with Gasteiger partial charge < -0.3 is 9.47 Å². The lowest BCUT2D eigenvalue weighted by Crippen LogP contribution is -2.36. The number of hydrogen-bond donors (Lipinski definition) is 0. The van der Waals surface area contributed by atoms with Crippen molar-refractivity contribution in [2.75, 3.05) is 0 Å². The molecule has 0 saturated carbocycles. The van der Waals surface area contributed by atoms with Gasteiger partial charge in [-0.1, -0.05) is 32.1 Å². The Bertz CT molecular complexity index is 571. The van der Waals surface area contributed by atoms with Gasteiger partial charge in [-0.3, -0.25) is 0 Å². The van der Waals surface area contributed by atoms with E-state index in [9.17, 15) is 0 Å². The maximum absolute atomic E-state index is 5.99. The van der Waals surface area contributed by atoms with Gasteiger partial charge in [0, 0.05) is 25.0 Å². The number of aromatic nitrogens is 1. The van der Waals surface area contributed by atoms with Gasteiger partial charge in [-0.05, 0) is 25.8 Å². The minimum Gasteiger partial charge on any atom is -0.461 e. The molecule has 0 unspecified atom stereocenters. The average Bonchev–Trinajstić information content (AvgIpc) is 2.44. The van der Waals surface area contributed by atoms with Crippen molar-refractivity contribution in [3.8, 4) is 5.75 Å². The first-order valence-electron chi connectivity index (χ1n) is 7.68. The van der Waals surface area contributed by atoms with E-state index in [4.69, 9.17) is 14.5 Å². The second-order valence-electron chi connectivity index (χ2n) is 5.72. The molecule has 1 aliphatic heterocycles. The van der Waals surface area contributed by atoms with Crippen molar-refractivity contribution >= 4 is 12.2 Å². The van der Waals surface area contributed by atoms with Crippen LogP contribution in [-0.4, -0.2) is 10.8 Å². The molecule has 2 rings (SSSR count). The van der Waals surface area contributed by atoms with Crippen molar-refractivity contribution in [2.45, 2.75) is 59.9 Å². The predicted molar refractivity (Wildman–Crippen MR) is 87.1 cm³/mol. The lowest BCUT2D eigenvalue weighted by atomic mass is 10.0. The maximum Gasteiger partial charge on any atom is 0.205 e. The van der Waals surface area contributed by atoms with Crippen molar-refractivity contribution in [1.29, 1.82) is 0 Å². The van der Waals surface area contributed by atoms with E-state index in [1.54, 1.807) is 0 Å². The Morgan fingerprint density at radius 3 is 2.48 bits per heavy atom. The van der Waals surface area contributed by atoms with Crippen molar-refractivity contribution in [2.24, 2.45) is 0 Å². The average molecular weight is 287 g/mol. The van der Waals surface area contributed by atoms with Gasteiger partial charge in [0.2, 0.25) is 5.79 Å². The summed E-state index contributed by atoms with van der Waals surface area (Å²) in [5, 5.41) is 0. The van der Waals surface area contributed by atoms with Gasteiger partial charge in [0.05, 0.1) is 18.0 Å². The van der Waals surface area contributed by atoms with Crippen LogP contribution in [0.5, 0.6) is 5.75 Å². The number of fused-ring (bicyclic) bond motifs is 1. The van der Waals surface area contributed by atoms with Crippen LogP contribution < -0.4 is 4.74 Å². The highest BCUT2D eigenvalue weighted by Crippen LogP contribution is 2.37. The standard InChI is InChI=1S/C18H25NO2/c1-6-8-10-14-15-12-20-18(4,5)21-17(15)13(3)19-16(14)11-9-7-2/h8-11H,6-7,12H2,1-5H3/b10-8-,11-9+. The Morgan fingerprint density at radius 1 is 1.14 bits per heavy atom.